The first-order chi connectivity index (χ1) is 9.36. The molecular formula is C12H15N3O3S. The molecule has 6 nitrogen and oxygen atoms in total. The molecule has 2 aromatic rings. The van der Waals surface area contributed by atoms with Gasteiger partial charge in [-0.25, -0.2) is 0 Å². The number of ether oxygens (including phenoxy) is 1. The number of rotatable bonds is 4. The van der Waals surface area contributed by atoms with Crippen LogP contribution in [0.4, 0.5) is 0 Å². The molecule has 19 heavy (non-hydrogen) atoms. The molecule has 3 rings (SSSR count). The normalized spacial score (nSPS) is 20.8. The molecule has 1 fully saturated rings. The summed E-state index contributed by atoms with van der Waals surface area (Å²) >= 11 is 1.57. The topological polar surface area (TPSA) is 71.6 Å². The lowest BCUT2D eigenvalue weighted by Crippen LogP contribution is -2.47. The summed E-state index contributed by atoms with van der Waals surface area (Å²) in [5.41, 5.74) is 0. The minimum absolute atomic E-state index is 0.0115. The summed E-state index contributed by atoms with van der Waals surface area (Å²) < 4.78 is 10.6. The Kier molecular flexibility index (Phi) is 3.88. The lowest BCUT2D eigenvalue weighted by Gasteiger charge is -2.33. The number of nitrogens with zero attached hydrogens (tertiary/aromatic N) is 3. The lowest BCUT2D eigenvalue weighted by atomic mass is 10.2. The van der Waals surface area contributed by atoms with E-state index in [2.05, 4.69) is 15.0 Å². The molecule has 1 aliphatic rings. The van der Waals surface area contributed by atoms with Crippen LogP contribution in [-0.2, 0) is 11.3 Å². The van der Waals surface area contributed by atoms with Crippen molar-refractivity contribution in [2.75, 3.05) is 26.4 Å². The van der Waals surface area contributed by atoms with Crippen molar-refractivity contribution < 1.29 is 14.4 Å². The van der Waals surface area contributed by atoms with Crippen LogP contribution in [0.3, 0.4) is 0 Å². The number of aliphatic hydroxyl groups excluding tert-OH is 1. The minimum Gasteiger partial charge on any atom is -0.395 e. The molecule has 0 spiro atoms. The van der Waals surface area contributed by atoms with Crippen molar-refractivity contribution in [1.82, 2.24) is 15.0 Å². The van der Waals surface area contributed by atoms with Crippen LogP contribution < -0.4 is 0 Å². The number of aliphatic hydroxyl groups is 1. The molecule has 0 bridgehead atoms. The van der Waals surface area contributed by atoms with Gasteiger partial charge in [-0.2, -0.15) is 4.98 Å². The van der Waals surface area contributed by atoms with Crippen LogP contribution in [0.1, 0.15) is 5.82 Å². The molecule has 7 heteroatoms. The van der Waals surface area contributed by atoms with E-state index in [4.69, 9.17) is 9.26 Å². The van der Waals surface area contributed by atoms with Crippen molar-refractivity contribution in [3.63, 3.8) is 0 Å². The number of thiophene rings is 1. The van der Waals surface area contributed by atoms with Gasteiger partial charge in [-0.1, -0.05) is 11.2 Å². The fraction of sp³-hybridized carbons (Fsp3) is 0.500. The van der Waals surface area contributed by atoms with Crippen molar-refractivity contribution in [3.05, 3.63) is 23.3 Å². The first-order valence-electron chi connectivity index (χ1n) is 6.16. The average molecular weight is 281 g/mol. The number of hydrogen-bond acceptors (Lipinski definition) is 7. The molecule has 0 amide bonds. The quantitative estimate of drug-likeness (QED) is 0.901. The molecule has 1 aliphatic heterocycles. The highest BCUT2D eigenvalue weighted by atomic mass is 32.1. The van der Waals surface area contributed by atoms with Gasteiger partial charge >= 0.3 is 0 Å². The van der Waals surface area contributed by atoms with Gasteiger partial charge in [0.1, 0.15) is 0 Å². The Morgan fingerprint density at radius 1 is 1.53 bits per heavy atom. The Hall–Kier alpha value is -1.28. The summed E-state index contributed by atoms with van der Waals surface area (Å²) in [5.74, 6) is 1.20. The highest BCUT2D eigenvalue weighted by Gasteiger charge is 2.24. The van der Waals surface area contributed by atoms with E-state index in [0.717, 1.165) is 11.4 Å². The van der Waals surface area contributed by atoms with Crippen molar-refractivity contribution in [3.8, 4) is 10.8 Å². The van der Waals surface area contributed by atoms with E-state index in [1.165, 1.54) is 0 Å². The summed E-state index contributed by atoms with van der Waals surface area (Å²) in [7, 11) is 0. The summed E-state index contributed by atoms with van der Waals surface area (Å²) in [6.07, 6.45) is 0. The monoisotopic (exact) mass is 281 g/mol. The standard InChI is InChI=1S/C12H15N3O3S/c16-7-9-8-17-4-3-15(9)6-11-13-12(18-14-11)10-2-1-5-19-10/h1-2,5,9,16H,3-4,6-8H2. The van der Waals surface area contributed by atoms with Gasteiger partial charge in [-0.3, -0.25) is 4.90 Å². The number of hydrogen-bond donors (Lipinski definition) is 1. The van der Waals surface area contributed by atoms with Crippen LogP contribution in [0.2, 0.25) is 0 Å². The van der Waals surface area contributed by atoms with Gasteiger partial charge in [0.15, 0.2) is 5.82 Å². The highest BCUT2D eigenvalue weighted by molar-refractivity contribution is 7.13. The lowest BCUT2D eigenvalue weighted by molar-refractivity contribution is -0.0324. The first kappa shape index (κ1) is 12.7. The van der Waals surface area contributed by atoms with E-state index in [1.54, 1.807) is 11.3 Å². The molecule has 0 radical (unpaired) electrons. The molecule has 1 unspecified atom stereocenters. The molecule has 1 atom stereocenters. The van der Waals surface area contributed by atoms with Crippen LogP contribution in [-0.4, -0.2) is 52.6 Å². The Morgan fingerprint density at radius 3 is 3.26 bits per heavy atom. The van der Waals surface area contributed by atoms with Crippen LogP contribution in [0, 0.1) is 0 Å². The van der Waals surface area contributed by atoms with Gasteiger partial charge in [0.05, 0.1) is 37.3 Å². The largest absolute Gasteiger partial charge is 0.395 e. The molecule has 2 aromatic heterocycles. The van der Waals surface area contributed by atoms with Gasteiger partial charge in [0.25, 0.3) is 5.89 Å². The second-order valence-corrected chi connectivity index (χ2v) is 5.32. The third kappa shape index (κ3) is 2.84. The zero-order valence-electron chi connectivity index (χ0n) is 10.4. The van der Waals surface area contributed by atoms with E-state index < -0.39 is 0 Å². The maximum atomic E-state index is 9.31. The summed E-state index contributed by atoms with van der Waals surface area (Å²) in [5, 5.41) is 15.3. The van der Waals surface area contributed by atoms with Crippen LogP contribution in [0.25, 0.3) is 10.8 Å². The van der Waals surface area contributed by atoms with Gasteiger partial charge in [-0.15, -0.1) is 11.3 Å². The fourth-order valence-corrected chi connectivity index (χ4v) is 2.71. The van der Waals surface area contributed by atoms with Gasteiger partial charge in [0.2, 0.25) is 0 Å². The summed E-state index contributed by atoms with van der Waals surface area (Å²) in [6, 6.07) is 3.92. The van der Waals surface area contributed by atoms with Crippen LogP contribution in [0.15, 0.2) is 22.0 Å². The first-order valence-corrected chi connectivity index (χ1v) is 7.04. The molecule has 0 aromatic carbocycles. The van der Waals surface area contributed by atoms with Crippen LogP contribution in [0.5, 0.6) is 0 Å². The zero-order chi connectivity index (χ0) is 13.1. The third-order valence-corrected chi connectivity index (χ3v) is 3.96. The minimum atomic E-state index is 0.0115. The van der Waals surface area contributed by atoms with Gasteiger partial charge in [0, 0.05) is 6.54 Å². The predicted molar refractivity (Wildman–Crippen MR) is 69.7 cm³/mol. The van der Waals surface area contributed by atoms with Crippen molar-refractivity contribution >= 4 is 11.3 Å². The van der Waals surface area contributed by atoms with Crippen molar-refractivity contribution in [1.29, 1.82) is 0 Å². The highest BCUT2D eigenvalue weighted by Crippen LogP contribution is 2.23. The average Bonchev–Trinajstić information content (AvgIpc) is 3.09. The van der Waals surface area contributed by atoms with Crippen molar-refractivity contribution in [2.24, 2.45) is 0 Å². The second kappa shape index (κ2) is 5.79. The molecule has 0 saturated carbocycles. The zero-order valence-corrected chi connectivity index (χ0v) is 11.2. The smallest absolute Gasteiger partial charge is 0.268 e. The predicted octanol–water partition coefficient (Wildman–Crippen LogP) is 0.991. The molecule has 1 N–H and O–H groups in total. The molecular weight excluding hydrogens is 266 g/mol. The Bertz CT molecular complexity index is 514. The number of aromatic nitrogens is 2. The third-order valence-electron chi connectivity index (χ3n) is 3.10. The fourth-order valence-electron chi connectivity index (χ4n) is 2.07. The van der Waals surface area contributed by atoms with Gasteiger partial charge in [-0.05, 0) is 11.4 Å². The van der Waals surface area contributed by atoms with Crippen LogP contribution >= 0.6 is 11.3 Å². The molecule has 1 saturated heterocycles. The molecule has 0 aliphatic carbocycles. The van der Waals surface area contributed by atoms with E-state index >= 15 is 0 Å². The Balaban J connectivity index is 1.69. The SMILES string of the molecule is OCC1COCCN1Cc1noc(-c2cccs2)n1. The van der Waals surface area contributed by atoms with E-state index in [9.17, 15) is 5.11 Å². The second-order valence-electron chi connectivity index (χ2n) is 4.37. The maximum absolute atomic E-state index is 9.31. The Labute approximate surface area is 114 Å². The van der Waals surface area contributed by atoms with E-state index in [1.807, 2.05) is 17.5 Å². The molecule has 3 heterocycles. The summed E-state index contributed by atoms with van der Waals surface area (Å²) in [6.45, 7) is 2.64. The van der Waals surface area contributed by atoms with Crippen molar-refractivity contribution in [2.45, 2.75) is 12.6 Å². The van der Waals surface area contributed by atoms with Gasteiger partial charge < -0.3 is 14.4 Å². The summed E-state index contributed by atoms with van der Waals surface area (Å²) in [4.78, 5) is 7.47. The Morgan fingerprint density at radius 2 is 2.47 bits per heavy atom. The number of morpholine rings is 1. The molecule has 102 valence electrons. The maximum Gasteiger partial charge on any atom is 0.268 e. The van der Waals surface area contributed by atoms with E-state index in [-0.39, 0.29) is 12.6 Å². The van der Waals surface area contributed by atoms with E-state index in [0.29, 0.717) is 31.5 Å².